The lowest BCUT2D eigenvalue weighted by atomic mass is 9.96. The van der Waals surface area contributed by atoms with Crippen LogP contribution in [0.15, 0.2) is 24.8 Å². The maximum Gasteiger partial charge on any atom is 0.144 e. The van der Waals surface area contributed by atoms with Gasteiger partial charge in [-0.1, -0.05) is 32.1 Å². The van der Waals surface area contributed by atoms with E-state index in [9.17, 15) is 8.78 Å². The number of hydrogen-bond donors (Lipinski definition) is 0. The minimum absolute atomic E-state index is 0.0772. The van der Waals surface area contributed by atoms with E-state index < -0.39 is 18.4 Å². The van der Waals surface area contributed by atoms with Gasteiger partial charge in [0.1, 0.15) is 12.3 Å². The van der Waals surface area contributed by atoms with E-state index in [0.717, 1.165) is 12.8 Å². The molecule has 0 saturated heterocycles. The molecule has 0 aliphatic heterocycles. The van der Waals surface area contributed by atoms with E-state index >= 15 is 0 Å². The molecule has 128 valence electrons. The second-order valence-electron chi connectivity index (χ2n) is 6.03. The Kier molecular flexibility index (Phi) is 9.56. The molecule has 0 heterocycles. The zero-order valence-corrected chi connectivity index (χ0v) is 13.8. The van der Waals surface area contributed by atoms with Gasteiger partial charge < -0.3 is 9.47 Å². The summed E-state index contributed by atoms with van der Waals surface area (Å²) in [5, 5.41) is 0. The van der Waals surface area contributed by atoms with Gasteiger partial charge in [-0.2, -0.15) is 0 Å². The molecule has 2 nitrogen and oxygen atoms in total. The third-order valence-electron chi connectivity index (χ3n) is 4.02. The number of hydrogen-bond acceptors (Lipinski definition) is 2. The van der Waals surface area contributed by atoms with Crippen molar-refractivity contribution in [3.8, 4) is 0 Å². The summed E-state index contributed by atoms with van der Waals surface area (Å²) in [5.41, 5.74) is 0. The van der Waals surface area contributed by atoms with Crippen LogP contribution in [0.25, 0.3) is 0 Å². The fraction of sp³-hybridized carbons (Fsp3) is 0.778. The molecule has 4 heteroatoms. The lowest BCUT2D eigenvalue weighted by molar-refractivity contribution is -0.0198. The Morgan fingerprint density at radius 1 is 1.27 bits per heavy atom. The van der Waals surface area contributed by atoms with Crippen LogP contribution in [0.3, 0.4) is 0 Å². The second-order valence-corrected chi connectivity index (χ2v) is 6.03. The molecule has 1 aliphatic carbocycles. The van der Waals surface area contributed by atoms with E-state index in [2.05, 4.69) is 25.7 Å². The minimum atomic E-state index is -1.33. The normalized spacial score (nSPS) is 25.6. The van der Waals surface area contributed by atoms with Crippen LogP contribution < -0.4 is 0 Å². The number of ether oxygens (including phenoxy) is 2. The molecule has 5 atom stereocenters. The second kappa shape index (κ2) is 10.9. The van der Waals surface area contributed by atoms with Gasteiger partial charge in [-0.15, -0.1) is 6.58 Å². The van der Waals surface area contributed by atoms with Crippen molar-refractivity contribution < 1.29 is 18.3 Å². The van der Waals surface area contributed by atoms with Crippen molar-refractivity contribution in [2.45, 2.75) is 70.5 Å². The molecule has 1 rings (SSSR count). The highest BCUT2D eigenvalue weighted by atomic mass is 19.1. The van der Waals surface area contributed by atoms with Crippen LogP contribution in [0, 0.1) is 5.92 Å². The fourth-order valence-corrected chi connectivity index (χ4v) is 2.46. The molecule has 0 aromatic carbocycles. The topological polar surface area (TPSA) is 18.5 Å². The highest BCUT2D eigenvalue weighted by molar-refractivity contribution is 4.97. The fourth-order valence-electron chi connectivity index (χ4n) is 2.46. The summed E-state index contributed by atoms with van der Waals surface area (Å²) in [7, 11) is 0. The lowest BCUT2D eigenvalue weighted by Crippen LogP contribution is -2.28. The smallest absolute Gasteiger partial charge is 0.144 e. The number of rotatable bonds is 11. The standard InChI is InChI=1S/C18H30F2O2/c1-4-15(19)13-18(17(20)5-2)22-12-6-11-21-16-9-7-14(3)8-10-16/h5,7,9,14-18H,2,4,6,8,10-13H2,1,3H3. The highest BCUT2D eigenvalue weighted by Crippen LogP contribution is 2.19. The quantitative estimate of drug-likeness (QED) is 0.403. The van der Waals surface area contributed by atoms with Gasteiger partial charge in [-0.25, -0.2) is 8.78 Å². The molecule has 0 fully saturated rings. The van der Waals surface area contributed by atoms with E-state index in [1.54, 1.807) is 6.92 Å². The van der Waals surface area contributed by atoms with Crippen LogP contribution in [0.2, 0.25) is 0 Å². The van der Waals surface area contributed by atoms with Crippen LogP contribution >= 0.6 is 0 Å². The molecule has 5 unspecified atom stereocenters. The summed E-state index contributed by atoms with van der Waals surface area (Å²) < 4.78 is 38.3. The van der Waals surface area contributed by atoms with Crippen molar-refractivity contribution in [3.63, 3.8) is 0 Å². The molecular weight excluding hydrogens is 286 g/mol. The van der Waals surface area contributed by atoms with E-state index in [-0.39, 0.29) is 12.5 Å². The van der Waals surface area contributed by atoms with Gasteiger partial charge in [-0.3, -0.25) is 0 Å². The molecule has 0 saturated carbocycles. The van der Waals surface area contributed by atoms with Gasteiger partial charge in [0.15, 0.2) is 0 Å². The molecule has 0 amide bonds. The van der Waals surface area contributed by atoms with Crippen LogP contribution in [0.5, 0.6) is 0 Å². The van der Waals surface area contributed by atoms with Gasteiger partial charge in [0, 0.05) is 19.6 Å². The monoisotopic (exact) mass is 316 g/mol. The molecular formula is C18H30F2O2. The summed E-state index contributed by atoms with van der Waals surface area (Å²) in [5.74, 6) is 0.636. The lowest BCUT2D eigenvalue weighted by Gasteiger charge is -2.22. The van der Waals surface area contributed by atoms with Crippen molar-refractivity contribution in [2.24, 2.45) is 5.92 Å². The van der Waals surface area contributed by atoms with Gasteiger partial charge in [0.05, 0.1) is 12.2 Å². The van der Waals surface area contributed by atoms with Gasteiger partial charge >= 0.3 is 0 Å². The SMILES string of the molecule is C=CC(F)C(CC(F)CC)OCCCOC1C=CC(C)CC1. The van der Waals surface area contributed by atoms with Crippen molar-refractivity contribution in [1.29, 1.82) is 0 Å². The largest absolute Gasteiger partial charge is 0.375 e. The van der Waals surface area contributed by atoms with E-state index in [1.165, 1.54) is 6.08 Å². The van der Waals surface area contributed by atoms with E-state index in [4.69, 9.17) is 9.47 Å². The summed E-state index contributed by atoms with van der Waals surface area (Å²) in [6, 6.07) is 0. The van der Waals surface area contributed by atoms with E-state index in [0.29, 0.717) is 32.0 Å². The maximum atomic E-state index is 13.7. The Morgan fingerprint density at radius 2 is 2.05 bits per heavy atom. The Bertz CT molecular complexity index is 333. The summed E-state index contributed by atoms with van der Waals surface area (Å²) in [4.78, 5) is 0. The van der Waals surface area contributed by atoms with Gasteiger partial charge in [0.25, 0.3) is 0 Å². The zero-order chi connectivity index (χ0) is 16.4. The summed E-state index contributed by atoms with van der Waals surface area (Å²) >= 11 is 0. The first-order valence-corrected chi connectivity index (χ1v) is 8.39. The molecule has 0 aromatic rings. The maximum absolute atomic E-state index is 13.7. The Hall–Kier alpha value is -0.740. The van der Waals surface area contributed by atoms with Crippen LogP contribution in [0.1, 0.15) is 46.0 Å². The van der Waals surface area contributed by atoms with Crippen LogP contribution in [-0.2, 0) is 9.47 Å². The number of alkyl halides is 2. The van der Waals surface area contributed by atoms with Crippen molar-refractivity contribution in [2.75, 3.05) is 13.2 Å². The zero-order valence-electron chi connectivity index (χ0n) is 13.8. The van der Waals surface area contributed by atoms with Crippen molar-refractivity contribution in [3.05, 3.63) is 24.8 Å². The predicted octanol–water partition coefficient (Wildman–Crippen LogP) is 4.80. The van der Waals surface area contributed by atoms with Gasteiger partial charge in [-0.05, 0) is 31.6 Å². The molecule has 0 N–H and O–H groups in total. The van der Waals surface area contributed by atoms with Crippen molar-refractivity contribution in [1.82, 2.24) is 0 Å². The summed E-state index contributed by atoms with van der Waals surface area (Å²) in [6.45, 7) is 8.31. The third kappa shape index (κ3) is 7.50. The van der Waals surface area contributed by atoms with Crippen molar-refractivity contribution >= 4 is 0 Å². The molecule has 1 aliphatic rings. The molecule has 22 heavy (non-hydrogen) atoms. The first kappa shape index (κ1) is 19.3. The highest BCUT2D eigenvalue weighted by Gasteiger charge is 2.22. The third-order valence-corrected chi connectivity index (χ3v) is 4.02. The Labute approximate surface area is 133 Å². The van der Waals surface area contributed by atoms with Crippen LogP contribution in [-0.4, -0.2) is 37.8 Å². The Balaban J connectivity index is 2.19. The Morgan fingerprint density at radius 3 is 2.64 bits per heavy atom. The van der Waals surface area contributed by atoms with E-state index in [1.807, 2.05) is 0 Å². The van der Waals surface area contributed by atoms with Crippen LogP contribution in [0.4, 0.5) is 8.78 Å². The first-order chi connectivity index (χ1) is 10.6. The van der Waals surface area contributed by atoms with Gasteiger partial charge in [0.2, 0.25) is 0 Å². The first-order valence-electron chi connectivity index (χ1n) is 8.39. The molecule has 0 radical (unpaired) electrons. The molecule has 0 spiro atoms. The average Bonchev–Trinajstić information content (AvgIpc) is 2.54. The molecule has 0 bridgehead atoms. The average molecular weight is 316 g/mol. The number of allylic oxidation sites excluding steroid dienone is 1. The molecule has 0 aromatic heterocycles. The predicted molar refractivity (Wildman–Crippen MR) is 86.5 cm³/mol. The summed E-state index contributed by atoms with van der Waals surface area (Å²) in [6.07, 6.45) is 5.89. The minimum Gasteiger partial charge on any atom is -0.375 e. The number of halogens is 2.